The highest BCUT2D eigenvalue weighted by Gasteiger charge is 2.46. The number of hydrogen-bond donors (Lipinski definition) is 2. The lowest BCUT2D eigenvalue weighted by molar-refractivity contribution is -0.153. The van der Waals surface area contributed by atoms with Crippen LogP contribution in [0.25, 0.3) is 0 Å². The van der Waals surface area contributed by atoms with Gasteiger partial charge in [-0.2, -0.15) is 0 Å². The van der Waals surface area contributed by atoms with Crippen molar-refractivity contribution in [3.63, 3.8) is 0 Å². The Morgan fingerprint density at radius 1 is 0.744 bits per heavy atom. The molecule has 0 radical (unpaired) electrons. The van der Waals surface area contributed by atoms with E-state index in [1.54, 1.807) is 16.8 Å². The second-order valence-electron chi connectivity index (χ2n) is 14.6. The molecule has 0 aromatic heterocycles. The third kappa shape index (κ3) is 8.92. The first-order valence-electron chi connectivity index (χ1n) is 16.0. The molecule has 2 aliphatic heterocycles. The summed E-state index contributed by atoms with van der Waals surface area (Å²) >= 11 is 0. The van der Waals surface area contributed by atoms with Gasteiger partial charge in [0, 0.05) is 25.7 Å². The largest absolute Gasteiger partial charge is 0.350 e. The highest BCUT2D eigenvalue weighted by molar-refractivity contribution is 5.96. The van der Waals surface area contributed by atoms with Crippen LogP contribution in [0, 0.1) is 17.8 Å². The monoisotopic (exact) mass is 606 g/mol. The lowest BCUT2D eigenvalue weighted by atomic mass is 9.96. The van der Waals surface area contributed by atoms with E-state index in [2.05, 4.69) is 10.6 Å². The minimum absolute atomic E-state index is 0.0417. The molecule has 2 heterocycles. The van der Waals surface area contributed by atoms with Crippen LogP contribution in [0.15, 0.2) is 0 Å². The molecule has 43 heavy (non-hydrogen) atoms. The summed E-state index contributed by atoms with van der Waals surface area (Å²) < 4.78 is 0. The number of carbonyl (C=O) groups is 5. The van der Waals surface area contributed by atoms with Crippen LogP contribution in [0.1, 0.15) is 88.0 Å². The Morgan fingerprint density at radius 3 is 1.72 bits per heavy atom. The van der Waals surface area contributed by atoms with Gasteiger partial charge in [0.15, 0.2) is 0 Å². The number of amides is 5. The number of likely N-dealkylation sites (N-methyl/N-ethyl adjacent to an activating group) is 2. The third-order valence-electron chi connectivity index (χ3n) is 8.49. The van der Waals surface area contributed by atoms with Crippen molar-refractivity contribution in [2.45, 2.75) is 124 Å². The van der Waals surface area contributed by atoms with Gasteiger partial charge in [0.05, 0.1) is 6.04 Å². The number of rotatable bonds is 11. The highest BCUT2D eigenvalue weighted by Crippen LogP contribution is 2.28. The summed E-state index contributed by atoms with van der Waals surface area (Å²) in [6, 6.07) is -3.25. The van der Waals surface area contributed by atoms with E-state index in [9.17, 15) is 24.0 Å². The molecule has 11 nitrogen and oxygen atoms in total. The minimum Gasteiger partial charge on any atom is -0.350 e. The molecule has 246 valence electrons. The topological polar surface area (TPSA) is 122 Å². The first-order chi connectivity index (χ1) is 19.8. The quantitative estimate of drug-likeness (QED) is 0.372. The molecule has 0 aromatic carbocycles. The Bertz CT molecular complexity index is 1010. The Kier molecular flexibility index (Phi) is 12.6. The number of nitrogens with zero attached hydrogens (tertiary/aromatic N) is 4. The van der Waals surface area contributed by atoms with Gasteiger partial charge in [-0.3, -0.25) is 28.9 Å². The average Bonchev–Trinajstić information content (AvgIpc) is 3.55. The number of hydrogen-bond acceptors (Lipinski definition) is 6. The molecule has 0 spiro atoms. The van der Waals surface area contributed by atoms with Crippen LogP contribution < -0.4 is 10.6 Å². The maximum Gasteiger partial charge on any atom is 0.246 e. The normalized spacial score (nSPS) is 21.4. The third-order valence-corrected chi connectivity index (χ3v) is 8.49. The maximum absolute atomic E-state index is 14.2. The molecule has 0 aliphatic carbocycles. The first kappa shape index (κ1) is 36.5. The van der Waals surface area contributed by atoms with Gasteiger partial charge in [-0.15, -0.1) is 0 Å². The van der Waals surface area contributed by atoms with Crippen LogP contribution >= 0.6 is 0 Å². The van der Waals surface area contributed by atoms with Gasteiger partial charge in [0.25, 0.3) is 0 Å². The zero-order valence-corrected chi connectivity index (χ0v) is 28.7. The number of nitrogens with one attached hydrogen (secondary N) is 2. The van der Waals surface area contributed by atoms with Crippen LogP contribution in [-0.2, 0) is 24.0 Å². The van der Waals surface area contributed by atoms with E-state index >= 15 is 0 Å². The fourth-order valence-corrected chi connectivity index (χ4v) is 6.54. The van der Waals surface area contributed by atoms with E-state index in [1.165, 1.54) is 4.90 Å². The SMILES string of the molecule is CC(C)C(NC(=O)C(C(C)C)N(C)C)C(=O)N(C)C(C(=O)N1CCC[C@H]1C(=O)N1CCC[C@H]1C(=O)NC(C)(C)C)C(C)C. The molecule has 5 amide bonds. The molecular formula is C32H58N6O5. The summed E-state index contributed by atoms with van der Waals surface area (Å²) in [4.78, 5) is 74.7. The standard InChI is InChI=1S/C32H58N6O5/c1-19(2)24(33-28(40)25(20(3)4)35(10)11)30(42)36(12)26(21(5)6)31(43)38-18-14-16-23(38)29(41)37-17-13-15-22(37)27(39)34-32(7,8)9/h19-26H,13-18H2,1-12H3,(H,33,40)(H,34,39)/t22-,23-,24?,25?,26?/m0/s1. The summed E-state index contributed by atoms with van der Waals surface area (Å²) in [5, 5.41) is 5.96. The van der Waals surface area contributed by atoms with E-state index in [4.69, 9.17) is 0 Å². The molecule has 2 saturated heterocycles. The lowest BCUT2D eigenvalue weighted by Crippen LogP contribution is -2.61. The van der Waals surface area contributed by atoms with Crippen molar-refractivity contribution in [2.24, 2.45) is 17.8 Å². The molecule has 0 aromatic rings. The fraction of sp³-hybridized carbons (Fsp3) is 0.844. The van der Waals surface area contributed by atoms with Crippen LogP contribution in [-0.4, -0.2) is 119 Å². The maximum atomic E-state index is 14.2. The summed E-state index contributed by atoms with van der Waals surface area (Å²) in [7, 11) is 5.29. The molecule has 2 rings (SSSR count). The van der Waals surface area contributed by atoms with Crippen molar-refractivity contribution in [1.29, 1.82) is 0 Å². The lowest BCUT2D eigenvalue weighted by Gasteiger charge is -2.39. The smallest absolute Gasteiger partial charge is 0.246 e. The van der Waals surface area contributed by atoms with Crippen molar-refractivity contribution in [3.05, 3.63) is 0 Å². The van der Waals surface area contributed by atoms with Crippen molar-refractivity contribution >= 4 is 29.5 Å². The minimum atomic E-state index is -0.813. The molecule has 0 bridgehead atoms. The molecule has 2 aliphatic rings. The predicted molar refractivity (Wildman–Crippen MR) is 168 cm³/mol. The summed E-state index contributed by atoms with van der Waals surface area (Å²) in [6.07, 6.45) is 2.51. The van der Waals surface area contributed by atoms with Gasteiger partial charge in [-0.05, 0) is 78.3 Å². The fourth-order valence-electron chi connectivity index (χ4n) is 6.54. The number of carbonyl (C=O) groups excluding carboxylic acids is 5. The van der Waals surface area contributed by atoms with E-state index in [0.29, 0.717) is 32.4 Å². The molecule has 3 unspecified atom stereocenters. The van der Waals surface area contributed by atoms with Gasteiger partial charge in [-0.25, -0.2) is 0 Å². The molecular weight excluding hydrogens is 548 g/mol. The number of likely N-dealkylation sites (tertiary alicyclic amines) is 2. The van der Waals surface area contributed by atoms with Crippen molar-refractivity contribution in [3.8, 4) is 0 Å². The summed E-state index contributed by atoms with van der Waals surface area (Å²) in [5.41, 5.74) is -0.416. The Labute approximate surface area is 259 Å². The molecule has 0 saturated carbocycles. The van der Waals surface area contributed by atoms with Gasteiger partial charge in [0.1, 0.15) is 24.2 Å². The van der Waals surface area contributed by atoms with Crippen molar-refractivity contribution in [2.75, 3.05) is 34.2 Å². The van der Waals surface area contributed by atoms with Gasteiger partial charge in [-0.1, -0.05) is 41.5 Å². The Morgan fingerprint density at radius 2 is 1.26 bits per heavy atom. The van der Waals surface area contributed by atoms with Gasteiger partial charge >= 0.3 is 0 Å². The van der Waals surface area contributed by atoms with Crippen LogP contribution in [0.2, 0.25) is 0 Å². The van der Waals surface area contributed by atoms with E-state index in [-0.39, 0.29) is 47.3 Å². The Hall–Kier alpha value is -2.69. The molecule has 2 N–H and O–H groups in total. The summed E-state index contributed by atoms with van der Waals surface area (Å²) in [6.45, 7) is 18.1. The van der Waals surface area contributed by atoms with Crippen LogP contribution in [0.4, 0.5) is 0 Å². The van der Waals surface area contributed by atoms with Gasteiger partial charge in [0.2, 0.25) is 29.5 Å². The van der Waals surface area contributed by atoms with Crippen molar-refractivity contribution < 1.29 is 24.0 Å². The van der Waals surface area contributed by atoms with Crippen LogP contribution in [0.3, 0.4) is 0 Å². The Balaban J connectivity index is 2.27. The molecule has 11 heteroatoms. The average molecular weight is 607 g/mol. The second kappa shape index (κ2) is 14.9. The van der Waals surface area contributed by atoms with Gasteiger partial charge < -0.3 is 25.3 Å². The zero-order valence-electron chi connectivity index (χ0n) is 28.7. The molecule has 2 fully saturated rings. The zero-order chi connectivity index (χ0) is 33.0. The van der Waals surface area contributed by atoms with Crippen molar-refractivity contribution in [1.82, 2.24) is 30.2 Å². The van der Waals surface area contributed by atoms with E-state index in [0.717, 1.165) is 6.42 Å². The molecule has 5 atom stereocenters. The predicted octanol–water partition coefficient (Wildman–Crippen LogP) is 2.09. The van der Waals surface area contributed by atoms with E-state index < -0.39 is 35.7 Å². The summed E-state index contributed by atoms with van der Waals surface area (Å²) in [5.74, 6) is -1.61. The first-order valence-corrected chi connectivity index (χ1v) is 16.0. The second-order valence-corrected chi connectivity index (χ2v) is 14.6. The highest BCUT2D eigenvalue weighted by atomic mass is 16.2. The van der Waals surface area contributed by atoms with E-state index in [1.807, 2.05) is 81.3 Å². The van der Waals surface area contributed by atoms with Crippen LogP contribution in [0.5, 0.6) is 0 Å².